The van der Waals surface area contributed by atoms with Crippen LogP contribution in [0.25, 0.3) is 0 Å². The average molecular weight is 402 g/mol. The van der Waals surface area contributed by atoms with Crippen molar-refractivity contribution < 1.29 is 5.11 Å². The summed E-state index contributed by atoms with van der Waals surface area (Å²) in [4.78, 5) is 6.65. The molecule has 1 N–H and O–H groups in total. The Labute approximate surface area is 169 Å². The van der Waals surface area contributed by atoms with Crippen LogP contribution >= 0.6 is 23.2 Å². The minimum Gasteiger partial charge on any atom is -0.391 e. The summed E-state index contributed by atoms with van der Waals surface area (Å²) in [6, 6.07) is 13.8. The fraction of sp³-hybridized carbons (Fsp3) is 0.286. The second-order valence-electron chi connectivity index (χ2n) is 7.04. The van der Waals surface area contributed by atoms with Crippen molar-refractivity contribution in [2.75, 3.05) is 7.05 Å². The molecule has 1 heterocycles. The number of hydrogen-bond acceptors (Lipinski definition) is 3. The fourth-order valence-corrected chi connectivity index (χ4v) is 4.49. The van der Waals surface area contributed by atoms with Gasteiger partial charge in [-0.3, -0.25) is 4.90 Å². The Morgan fingerprint density at radius 2 is 2.00 bits per heavy atom. The van der Waals surface area contributed by atoms with Gasteiger partial charge >= 0.3 is 0 Å². The number of hydrogen-bond donors (Lipinski definition) is 1. The lowest BCUT2D eigenvalue weighted by atomic mass is 10.1. The molecule has 3 aromatic rings. The van der Waals surface area contributed by atoms with Crippen LogP contribution in [-0.2, 0) is 19.5 Å². The zero-order valence-corrected chi connectivity index (χ0v) is 16.5. The molecule has 4 rings (SSSR count). The van der Waals surface area contributed by atoms with Crippen molar-refractivity contribution >= 4 is 23.2 Å². The molecule has 0 fully saturated rings. The zero-order valence-electron chi connectivity index (χ0n) is 15.0. The first kappa shape index (κ1) is 18.5. The summed E-state index contributed by atoms with van der Waals surface area (Å²) in [5.74, 6) is 0.954. The van der Waals surface area contributed by atoms with E-state index in [0.717, 1.165) is 23.5 Å². The average Bonchev–Trinajstić information content (AvgIpc) is 3.19. The minimum atomic E-state index is -0.515. The summed E-state index contributed by atoms with van der Waals surface area (Å²) in [5, 5.41) is 11.9. The van der Waals surface area contributed by atoms with E-state index in [9.17, 15) is 5.11 Å². The van der Waals surface area contributed by atoms with Gasteiger partial charge in [-0.2, -0.15) is 0 Å². The van der Waals surface area contributed by atoms with Crippen molar-refractivity contribution in [2.45, 2.75) is 31.7 Å². The molecule has 0 radical (unpaired) electrons. The van der Waals surface area contributed by atoms with Crippen molar-refractivity contribution in [3.8, 4) is 0 Å². The van der Waals surface area contributed by atoms with Gasteiger partial charge in [-0.25, -0.2) is 4.98 Å². The summed E-state index contributed by atoms with van der Waals surface area (Å²) >= 11 is 12.5. The Morgan fingerprint density at radius 1 is 1.22 bits per heavy atom. The van der Waals surface area contributed by atoms with Gasteiger partial charge in [0, 0.05) is 35.4 Å². The number of likely N-dealkylation sites (N-methyl/N-ethyl adjacent to an activating group) is 1. The predicted octanol–water partition coefficient (Wildman–Crippen LogP) is 4.33. The Kier molecular flexibility index (Phi) is 5.24. The van der Waals surface area contributed by atoms with Crippen LogP contribution in [0, 0.1) is 0 Å². The van der Waals surface area contributed by atoms with Gasteiger partial charge < -0.3 is 9.67 Å². The molecule has 1 aromatic heterocycles. The topological polar surface area (TPSA) is 41.3 Å². The van der Waals surface area contributed by atoms with E-state index < -0.39 is 6.10 Å². The molecule has 1 aliphatic carbocycles. The van der Waals surface area contributed by atoms with E-state index in [4.69, 9.17) is 23.2 Å². The van der Waals surface area contributed by atoms with Crippen LogP contribution in [0.5, 0.6) is 0 Å². The van der Waals surface area contributed by atoms with Crippen molar-refractivity contribution in [3.05, 3.63) is 87.4 Å². The third kappa shape index (κ3) is 3.76. The molecule has 0 saturated heterocycles. The smallest absolute Gasteiger partial charge is 0.123 e. The van der Waals surface area contributed by atoms with Gasteiger partial charge in [-0.05, 0) is 35.9 Å². The highest BCUT2D eigenvalue weighted by Crippen LogP contribution is 2.41. The van der Waals surface area contributed by atoms with Crippen molar-refractivity contribution in [3.63, 3.8) is 0 Å². The molecule has 0 saturated carbocycles. The number of fused-ring (bicyclic) bond motifs is 1. The number of aliphatic hydroxyl groups is 1. The van der Waals surface area contributed by atoms with Crippen LogP contribution in [-0.4, -0.2) is 32.7 Å². The van der Waals surface area contributed by atoms with Crippen LogP contribution in [0.3, 0.4) is 0 Å². The standard InChI is InChI=1S/C21H21Cl2N3O/c1-25(21-17-9-15(22)10-18(23)16(17)11-19(21)27)13-20-24-7-8-26(20)12-14-5-3-2-4-6-14/h2-10,19,21,27H,11-13H2,1H3. The Morgan fingerprint density at radius 3 is 2.78 bits per heavy atom. The molecule has 2 aromatic carbocycles. The number of benzene rings is 2. The first-order valence-electron chi connectivity index (χ1n) is 8.93. The molecule has 27 heavy (non-hydrogen) atoms. The molecule has 0 amide bonds. The number of rotatable bonds is 5. The molecule has 140 valence electrons. The lowest BCUT2D eigenvalue weighted by molar-refractivity contribution is 0.0706. The zero-order chi connectivity index (χ0) is 19.0. The van der Waals surface area contributed by atoms with E-state index in [1.807, 2.05) is 43.7 Å². The Balaban J connectivity index is 1.56. The lowest BCUT2D eigenvalue weighted by Crippen LogP contribution is -2.31. The fourth-order valence-electron chi connectivity index (χ4n) is 3.90. The van der Waals surface area contributed by atoms with Gasteiger partial charge in [0.05, 0.1) is 18.7 Å². The predicted molar refractivity (Wildman–Crippen MR) is 108 cm³/mol. The first-order valence-corrected chi connectivity index (χ1v) is 9.68. The summed E-state index contributed by atoms with van der Waals surface area (Å²) < 4.78 is 2.14. The largest absolute Gasteiger partial charge is 0.391 e. The van der Waals surface area contributed by atoms with E-state index in [1.165, 1.54) is 5.56 Å². The second kappa shape index (κ2) is 7.64. The second-order valence-corrected chi connectivity index (χ2v) is 7.89. The highest BCUT2D eigenvalue weighted by atomic mass is 35.5. The molecule has 1 aliphatic rings. The van der Waals surface area contributed by atoms with E-state index >= 15 is 0 Å². The van der Waals surface area contributed by atoms with Gasteiger partial charge in [0.25, 0.3) is 0 Å². The summed E-state index contributed by atoms with van der Waals surface area (Å²) in [6.07, 6.45) is 3.83. The molecule has 0 spiro atoms. The molecule has 0 bridgehead atoms. The number of nitrogens with zero attached hydrogens (tertiary/aromatic N) is 3. The van der Waals surface area contributed by atoms with E-state index in [-0.39, 0.29) is 6.04 Å². The quantitative estimate of drug-likeness (QED) is 0.691. The van der Waals surface area contributed by atoms with Crippen LogP contribution in [0.2, 0.25) is 10.0 Å². The normalized spacial score (nSPS) is 18.9. The van der Waals surface area contributed by atoms with Gasteiger partial charge in [0.2, 0.25) is 0 Å². The highest BCUT2D eigenvalue weighted by molar-refractivity contribution is 6.35. The van der Waals surface area contributed by atoms with Crippen LogP contribution < -0.4 is 0 Å². The summed E-state index contributed by atoms with van der Waals surface area (Å²) in [7, 11) is 2.00. The maximum atomic E-state index is 10.7. The molecular weight excluding hydrogens is 381 g/mol. The van der Waals surface area contributed by atoms with Crippen LogP contribution in [0.1, 0.15) is 28.6 Å². The van der Waals surface area contributed by atoms with Crippen molar-refractivity contribution in [2.24, 2.45) is 0 Å². The minimum absolute atomic E-state index is 0.155. The van der Waals surface area contributed by atoms with Gasteiger partial charge in [0.15, 0.2) is 0 Å². The molecule has 2 atom stereocenters. The maximum Gasteiger partial charge on any atom is 0.123 e. The van der Waals surface area contributed by atoms with Crippen molar-refractivity contribution in [1.29, 1.82) is 0 Å². The monoisotopic (exact) mass is 401 g/mol. The number of aromatic nitrogens is 2. The summed E-state index contributed by atoms with van der Waals surface area (Å²) in [5.41, 5.74) is 3.21. The number of halogens is 2. The highest BCUT2D eigenvalue weighted by Gasteiger charge is 2.36. The molecule has 2 unspecified atom stereocenters. The third-order valence-corrected chi connectivity index (χ3v) is 5.71. The van der Waals surface area contributed by atoms with E-state index in [0.29, 0.717) is 23.0 Å². The SMILES string of the molecule is CN(Cc1nccn1Cc1ccccc1)C1c2cc(Cl)cc(Cl)c2CC1O. The lowest BCUT2D eigenvalue weighted by Gasteiger charge is -2.28. The Bertz CT molecular complexity index is 942. The molecular formula is C21H21Cl2N3O. The summed E-state index contributed by atoms with van der Waals surface area (Å²) in [6.45, 7) is 1.39. The maximum absolute atomic E-state index is 10.7. The van der Waals surface area contributed by atoms with Crippen molar-refractivity contribution in [1.82, 2.24) is 14.5 Å². The van der Waals surface area contributed by atoms with Crippen LogP contribution in [0.15, 0.2) is 54.9 Å². The van der Waals surface area contributed by atoms with Gasteiger partial charge in [-0.15, -0.1) is 0 Å². The molecule has 0 aliphatic heterocycles. The first-order chi connectivity index (χ1) is 13.0. The van der Waals surface area contributed by atoms with E-state index in [2.05, 4.69) is 26.6 Å². The van der Waals surface area contributed by atoms with E-state index in [1.54, 1.807) is 6.07 Å². The number of aliphatic hydroxyl groups excluding tert-OH is 1. The van der Waals surface area contributed by atoms with Gasteiger partial charge in [-0.1, -0.05) is 53.5 Å². The third-order valence-electron chi connectivity index (χ3n) is 5.15. The van der Waals surface area contributed by atoms with Gasteiger partial charge in [0.1, 0.15) is 5.82 Å². The number of imidazole rings is 1. The van der Waals surface area contributed by atoms with Crippen LogP contribution in [0.4, 0.5) is 0 Å². The molecule has 4 nitrogen and oxygen atoms in total. The molecule has 6 heteroatoms. The Hall–Kier alpha value is -1.85.